The molecule has 1 aliphatic heterocycles. The minimum absolute atomic E-state index is 0.0272. The summed E-state index contributed by atoms with van der Waals surface area (Å²) < 4.78 is 39.1. The van der Waals surface area contributed by atoms with Crippen LogP contribution in [0.1, 0.15) is 38.7 Å². The fourth-order valence-corrected chi connectivity index (χ4v) is 4.65. The zero-order chi connectivity index (χ0) is 20.5. The second-order valence-electron chi connectivity index (χ2n) is 8.54. The van der Waals surface area contributed by atoms with Crippen molar-refractivity contribution in [2.75, 3.05) is 25.0 Å². The van der Waals surface area contributed by atoms with Crippen molar-refractivity contribution in [1.29, 1.82) is 0 Å². The Morgan fingerprint density at radius 2 is 2.00 bits per heavy atom. The third-order valence-corrected chi connectivity index (χ3v) is 6.10. The Balaban J connectivity index is 1.65. The lowest BCUT2D eigenvalue weighted by Crippen LogP contribution is -2.49. The lowest BCUT2D eigenvalue weighted by atomic mass is 9.97. The highest BCUT2D eigenvalue weighted by Crippen LogP contribution is 2.41. The maximum Gasteiger partial charge on any atom is 0.416 e. The number of alkyl halides is 3. The van der Waals surface area contributed by atoms with Crippen LogP contribution in [0.25, 0.3) is 0 Å². The van der Waals surface area contributed by atoms with Gasteiger partial charge in [0, 0.05) is 30.7 Å². The maximum absolute atomic E-state index is 13.0. The van der Waals surface area contributed by atoms with Crippen LogP contribution in [0.4, 0.5) is 18.9 Å². The van der Waals surface area contributed by atoms with Crippen LogP contribution >= 0.6 is 0 Å². The fraction of sp³-hybridized carbons (Fsp3) is 0.667. The van der Waals surface area contributed by atoms with Gasteiger partial charge in [0.05, 0.1) is 11.6 Å². The first-order valence-electron chi connectivity index (χ1n) is 10.1. The molecule has 28 heavy (non-hydrogen) atoms. The number of halogens is 3. The number of anilines is 1. The summed E-state index contributed by atoms with van der Waals surface area (Å²) in [6.07, 6.45) is -1.62. The van der Waals surface area contributed by atoms with E-state index in [4.69, 9.17) is 0 Å². The van der Waals surface area contributed by atoms with Crippen molar-refractivity contribution in [3.05, 3.63) is 29.8 Å². The Labute approximate surface area is 164 Å². The maximum atomic E-state index is 13.0. The number of fused-ring (bicyclic) bond motifs is 1. The Kier molecular flexibility index (Phi) is 6.22. The van der Waals surface area contributed by atoms with E-state index in [-0.39, 0.29) is 23.9 Å². The van der Waals surface area contributed by atoms with Crippen LogP contribution in [-0.2, 0) is 11.0 Å². The van der Waals surface area contributed by atoms with Gasteiger partial charge in [-0.25, -0.2) is 0 Å². The number of benzene rings is 1. The SMILES string of the molecule is CN[C@@H](CC(C)C)C(=O)N[C@H]1CC[C@@H]2CN(c3cccc(C(F)(F)F)c3)C[C@@H]21. The highest BCUT2D eigenvalue weighted by atomic mass is 19.4. The van der Waals surface area contributed by atoms with Gasteiger partial charge < -0.3 is 15.5 Å². The van der Waals surface area contributed by atoms with Gasteiger partial charge in [-0.3, -0.25) is 4.79 Å². The molecule has 3 rings (SSSR count). The first-order valence-corrected chi connectivity index (χ1v) is 10.1. The summed E-state index contributed by atoms with van der Waals surface area (Å²) in [5, 5.41) is 6.30. The van der Waals surface area contributed by atoms with Gasteiger partial charge >= 0.3 is 6.18 Å². The number of hydrogen-bond donors (Lipinski definition) is 2. The highest BCUT2D eigenvalue weighted by molar-refractivity contribution is 5.82. The molecule has 1 saturated carbocycles. The lowest BCUT2D eigenvalue weighted by molar-refractivity contribution is -0.137. The molecule has 4 atom stereocenters. The molecule has 1 aliphatic carbocycles. The number of carbonyl (C=O) groups is 1. The zero-order valence-corrected chi connectivity index (χ0v) is 16.7. The molecular weight excluding hydrogens is 367 g/mol. The largest absolute Gasteiger partial charge is 0.416 e. The van der Waals surface area contributed by atoms with Gasteiger partial charge in [-0.1, -0.05) is 19.9 Å². The van der Waals surface area contributed by atoms with Gasteiger partial charge in [0.15, 0.2) is 0 Å². The highest BCUT2D eigenvalue weighted by Gasteiger charge is 2.44. The van der Waals surface area contributed by atoms with E-state index in [1.165, 1.54) is 12.1 Å². The average Bonchev–Trinajstić information content (AvgIpc) is 3.21. The van der Waals surface area contributed by atoms with Gasteiger partial charge in [-0.15, -0.1) is 0 Å². The normalized spacial score (nSPS) is 25.8. The summed E-state index contributed by atoms with van der Waals surface area (Å²) in [7, 11) is 1.80. The molecule has 2 N–H and O–H groups in total. The van der Waals surface area contributed by atoms with Crippen LogP contribution < -0.4 is 15.5 Å². The number of likely N-dealkylation sites (N-methyl/N-ethyl adjacent to an activating group) is 1. The number of rotatable bonds is 6. The third kappa shape index (κ3) is 4.62. The van der Waals surface area contributed by atoms with Crippen molar-refractivity contribution in [3.8, 4) is 0 Å². The van der Waals surface area contributed by atoms with Crippen LogP contribution in [0.2, 0.25) is 0 Å². The van der Waals surface area contributed by atoms with Gasteiger partial charge in [-0.05, 0) is 56.3 Å². The van der Waals surface area contributed by atoms with E-state index in [1.54, 1.807) is 13.1 Å². The van der Waals surface area contributed by atoms with E-state index in [1.807, 2.05) is 4.90 Å². The second kappa shape index (κ2) is 8.31. The molecule has 0 bridgehead atoms. The van der Waals surface area contributed by atoms with E-state index in [0.29, 0.717) is 24.1 Å². The van der Waals surface area contributed by atoms with Crippen molar-refractivity contribution >= 4 is 11.6 Å². The molecule has 4 nitrogen and oxygen atoms in total. The predicted molar refractivity (Wildman–Crippen MR) is 104 cm³/mol. The van der Waals surface area contributed by atoms with Crippen molar-refractivity contribution in [2.24, 2.45) is 17.8 Å². The van der Waals surface area contributed by atoms with Crippen molar-refractivity contribution in [3.63, 3.8) is 0 Å². The molecule has 7 heteroatoms. The molecule has 156 valence electrons. The molecule has 1 aromatic carbocycles. The molecule has 1 amide bonds. The Bertz CT molecular complexity index is 692. The van der Waals surface area contributed by atoms with E-state index < -0.39 is 11.7 Å². The van der Waals surface area contributed by atoms with Crippen molar-refractivity contribution in [2.45, 2.75) is 51.4 Å². The third-order valence-electron chi connectivity index (χ3n) is 6.10. The fourth-order valence-electron chi connectivity index (χ4n) is 4.65. The first kappa shape index (κ1) is 21.0. The number of nitrogens with zero attached hydrogens (tertiary/aromatic N) is 1. The van der Waals surface area contributed by atoms with Gasteiger partial charge in [0.25, 0.3) is 0 Å². The van der Waals surface area contributed by atoms with E-state index in [9.17, 15) is 18.0 Å². The van der Waals surface area contributed by atoms with Crippen LogP contribution in [0, 0.1) is 17.8 Å². The predicted octanol–water partition coefficient (Wildman–Crippen LogP) is 3.67. The molecule has 0 spiro atoms. The molecule has 1 aromatic rings. The lowest BCUT2D eigenvalue weighted by Gasteiger charge is -2.26. The minimum Gasteiger partial charge on any atom is -0.371 e. The summed E-state index contributed by atoms with van der Waals surface area (Å²) in [6.45, 7) is 5.62. The van der Waals surface area contributed by atoms with Crippen LogP contribution in [0.15, 0.2) is 24.3 Å². The number of hydrogen-bond acceptors (Lipinski definition) is 3. The second-order valence-corrected chi connectivity index (χ2v) is 8.54. The number of nitrogens with one attached hydrogen (secondary N) is 2. The Morgan fingerprint density at radius 1 is 1.25 bits per heavy atom. The van der Waals surface area contributed by atoms with Gasteiger partial charge in [0.2, 0.25) is 5.91 Å². The zero-order valence-electron chi connectivity index (χ0n) is 16.7. The monoisotopic (exact) mass is 397 g/mol. The topological polar surface area (TPSA) is 44.4 Å². The molecule has 1 saturated heterocycles. The molecule has 0 unspecified atom stereocenters. The molecule has 1 heterocycles. The van der Waals surface area contributed by atoms with Crippen LogP contribution in [-0.4, -0.2) is 38.1 Å². The van der Waals surface area contributed by atoms with E-state index >= 15 is 0 Å². The molecule has 2 fully saturated rings. The van der Waals surface area contributed by atoms with Crippen LogP contribution in [0.3, 0.4) is 0 Å². The van der Waals surface area contributed by atoms with E-state index in [0.717, 1.165) is 31.9 Å². The average molecular weight is 397 g/mol. The van der Waals surface area contributed by atoms with Crippen molar-refractivity contribution in [1.82, 2.24) is 10.6 Å². The number of amides is 1. The van der Waals surface area contributed by atoms with Gasteiger partial charge in [-0.2, -0.15) is 13.2 Å². The quantitative estimate of drug-likeness (QED) is 0.770. The first-order chi connectivity index (χ1) is 13.2. The Morgan fingerprint density at radius 3 is 2.64 bits per heavy atom. The van der Waals surface area contributed by atoms with Crippen LogP contribution in [0.5, 0.6) is 0 Å². The summed E-state index contributed by atoms with van der Waals surface area (Å²) in [5.74, 6) is 1.15. The smallest absolute Gasteiger partial charge is 0.371 e. The van der Waals surface area contributed by atoms with Crippen molar-refractivity contribution < 1.29 is 18.0 Å². The Hall–Kier alpha value is -1.76. The summed E-state index contributed by atoms with van der Waals surface area (Å²) in [6, 6.07) is 5.43. The standard InChI is InChI=1S/C21H30F3N3O/c1-13(2)9-19(25-3)20(28)26-18-8-7-14-11-27(12-17(14)18)16-6-4-5-15(10-16)21(22,23)24/h4-6,10,13-14,17-19,25H,7-9,11-12H2,1-3H3,(H,26,28)/t14-,17+,18+,19+/m1/s1. The molecular formula is C21H30F3N3O. The molecule has 0 radical (unpaired) electrons. The number of carbonyl (C=O) groups excluding carboxylic acids is 1. The molecule has 0 aromatic heterocycles. The summed E-state index contributed by atoms with van der Waals surface area (Å²) in [4.78, 5) is 14.7. The summed E-state index contributed by atoms with van der Waals surface area (Å²) in [5.41, 5.74) is -0.000305. The van der Waals surface area contributed by atoms with E-state index in [2.05, 4.69) is 24.5 Å². The summed E-state index contributed by atoms with van der Waals surface area (Å²) >= 11 is 0. The van der Waals surface area contributed by atoms with Gasteiger partial charge in [0.1, 0.15) is 0 Å². The molecule has 2 aliphatic rings. The minimum atomic E-state index is -4.33.